The van der Waals surface area contributed by atoms with Crippen molar-refractivity contribution in [3.8, 4) is 5.75 Å². The van der Waals surface area contributed by atoms with Crippen LogP contribution in [0.5, 0.6) is 5.75 Å². The molecule has 0 aromatic heterocycles. The van der Waals surface area contributed by atoms with E-state index in [0.29, 0.717) is 24.1 Å². The quantitative estimate of drug-likeness (QED) is 0.683. The van der Waals surface area contributed by atoms with E-state index in [-0.39, 0.29) is 5.75 Å². The van der Waals surface area contributed by atoms with Gasteiger partial charge in [0, 0.05) is 5.56 Å². The van der Waals surface area contributed by atoms with Gasteiger partial charge in [0.25, 0.3) is 0 Å². The van der Waals surface area contributed by atoms with Crippen LogP contribution >= 0.6 is 0 Å². The van der Waals surface area contributed by atoms with E-state index < -0.39 is 12.8 Å². The number of aliphatic hydroxyl groups is 1. The molecule has 0 heterocycles. The second-order valence-electron chi connectivity index (χ2n) is 3.12. The first-order chi connectivity index (χ1) is 6.69. The standard InChI is InChI=1S/C10H14FNO2/c11-6-7-1-2-9(13)8(5-7)10(14)3-4-12/h1-2,5,10,13-14H,3-4,6,12H2. The lowest BCUT2D eigenvalue weighted by atomic mass is 10.0. The fourth-order valence-electron chi connectivity index (χ4n) is 1.27. The number of phenolic OH excluding ortho intramolecular Hbond substituents is 1. The van der Waals surface area contributed by atoms with Crippen LogP contribution < -0.4 is 5.73 Å². The van der Waals surface area contributed by atoms with Crippen LogP contribution in [0.1, 0.15) is 23.7 Å². The van der Waals surface area contributed by atoms with Gasteiger partial charge in [-0.05, 0) is 30.7 Å². The number of hydrogen-bond acceptors (Lipinski definition) is 3. The van der Waals surface area contributed by atoms with Crippen LogP contribution in [0.4, 0.5) is 4.39 Å². The van der Waals surface area contributed by atoms with Crippen molar-refractivity contribution in [1.29, 1.82) is 0 Å². The normalized spacial score (nSPS) is 12.8. The molecule has 1 unspecified atom stereocenters. The van der Waals surface area contributed by atoms with Gasteiger partial charge in [-0.15, -0.1) is 0 Å². The van der Waals surface area contributed by atoms with Gasteiger partial charge in [0.1, 0.15) is 12.4 Å². The summed E-state index contributed by atoms with van der Waals surface area (Å²) < 4.78 is 12.3. The highest BCUT2D eigenvalue weighted by Gasteiger charge is 2.11. The Kier molecular flexibility index (Phi) is 3.85. The second kappa shape index (κ2) is 4.93. The Morgan fingerprint density at radius 2 is 2.14 bits per heavy atom. The van der Waals surface area contributed by atoms with Crippen LogP contribution in [0, 0.1) is 0 Å². The number of benzene rings is 1. The summed E-state index contributed by atoms with van der Waals surface area (Å²) in [5.41, 5.74) is 6.05. The van der Waals surface area contributed by atoms with Crippen molar-refractivity contribution in [2.45, 2.75) is 19.2 Å². The average molecular weight is 199 g/mol. The van der Waals surface area contributed by atoms with Crippen molar-refractivity contribution in [2.75, 3.05) is 6.54 Å². The Labute approximate surface area is 82.0 Å². The van der Waals surface area contributed by atoms with Gasteiger partial charge in [0.15, 0.2) is 0 Å². The summed E-state index contributed by atoms with van der Waals surface area (Å²) in [5.74, 6) is -0.0249. The summed E-state index contributed by atoms with van der Waals surface area (Å²) in [6, 6.07) is 4.31. The number of rotatable bonds is 4. The maximum atomic E-state index is 12.3. The number of alkyl halides is 1. The Morgan fingerprint density at radius 3 is 2.71 bits per heavy atom. The van der Waals surface area contributed by atoms with E-state index >= 15 is 0 Å². The van der Waals surface area contributed by atoms with E-state index in [0.717, 1.165) is 0 Å². The molecule has 3 nitrogen and oxygen atoms in total. The van der Waals surface area contributed by atoms with Crippen molar-refractivity contribution < 1.29 is 14.6 Å². The van der Waals surface area contributed by atoms with E-state index in [1.165, 1.54) is 18.2 Å². The Hall–Kier alpha value is -1.13. The Morgan fingerprint density at radius 1 is 1.43 bits per heavy atom. The molecular weight excluding hydrogens is 185 g/mol. The summed E-state index contributed by atoms with van der Waals surface area (Å²) in [6.07, 6.45) is -0.477. The number of halogens is 1. The van der Waals surface area contributed by atoms with Crippen molar-refractivity contribution in [3.05, 3.63) is 29.3 Å². The lowest BCUT2D eigenvalue weighted by molar-refractivity contribution is 0.166. The summed E-state index contributed by atoms with van der Waals surface area (Å²) >= 11 is 0. The first kappa shape index (κ1) is 10.9. The molecule has 4 N–H and O–H groups in total. The maximum absolute atomic E-state index is 12.3. The molecule has 78 valence electrons. The third-order valence-electron chi connectivity index (χ3n) is 2.05. The molecule has 0 spiro atoms. The highest BCUT2D eigenvalue weighted by atomic mass is 19.1. The second-order valence-corrected chi connectivity index (χ2v) is 3.12. The van der Waals surface area contributed by atoms with E-state index in [4.69, 9.17) is 5.73 Å². The zero-order chi connectivity index (χ0) is 10.6. The van der Waals surface area contributed by atoms with Crippen molar-refractivity contribution in [2.24, 2.45) is 5.73 Å². The molecule has 0 amide bonds. The van der Waals surface area contributed by atoms with Crippen LogP contribution in [0.3, 0.4) is 0 Å². The van der Waals surface area contributed by atoms with Gasteiger partial charge in [0.2, 0.25) is 0 Å². The SMILES string of the molecule is NCCC(O)c1cc(CF)ccc1O. The fraction of sp³-hybridized carbons (Fsp3) is 0.400. The maximum Gasteiger partial charge on any atom is 0.121 e. The summed E-state index contributed by atoms with van der Waals surface area (Å²) in [5, 5.41) is 19.0. The lowest BCUT2D eigenvalue weighted by Crippen LogP contribution is -2.07. The molecule has 0 fully saturated rings. The van der Waals surface area contributed by atoms with Crippen LogP contribution in [-0.4, -0.2) is 16.8 Å². The van der Waals surface area contributed by atoms with Gasteiger partial charge in [-0.25, -0.2) is 4.39 Å². The van der Waals surface area contributed by atoms with Crippen molar-refractivity contribution in [1.82, 2.24) is 0 Å². The Bertz CT molecular complexity index is 304. The largest absolute Gasteiger partial charge is 0.508 e. The molecule has 0 bridgehead atoms. The smallest absolute Gasteiger partial charge is 0.121 e. The minimum absolute atomic E-state index is 0.0249. The monoisotopic (exact) mass is 199 g/mol. The van der Waals surface area contributed by atoms with Crippen molar-refractivity contribution >= 4 is 0 Å². The number of hydrogen-bond donors (Lipinski definition) is 3. The molecule has 0 aliphatic heterocycles. The summed E-state index contributed by atoms with van der Waals surface area (Å²) in [4.78, 5) is 0. The number of aliphatic hydroxyl groups excluding tert-OH is 1. The number of aromatic hydroxyl groups is 1. The molecule has 0 saturated heterocycles. The highest BCUT2D eigenvalue weighted by Crippen LogP contribution is 2.27. The third kappa shape index (κ3) is 2.43. The van der Waals surface area contributed by atoms with Gasteiger partial charge in [-0.3, -0.25) is 0 Å². The first-order valence-electron chi connectivity index (χ1n) is 4.45. The summed E-state index contributed by atoms with van der Waals surface area (Å²) in [6.45, 7) is -0.289. The van der Waals surface area contributed by atoms with Crippen molar-refractivity contribution in [3.63, 3.8) is 0 Å². The number of nitrogens with two attached hydrogens (primary N) is 1. The third-order valence-corrected chi connectivity index (χ3v) is 2.05. The molecule has 14 heavy (non-hydrogen) atoms. The minimum Gasteiger partial charge on any atom is -0.508 e. The van der Waals surface area contributed by atoms with Gasteiger partial charge in [-0.1, -0.05) is 6.07 Å². The molecule has 1 rings (SSSR count). The molecule has 0 aliphatic rings. The van der Waals surface area contributed by atoms with E-state index in [9.17, 15) is 14.6 Å². The van der Waals surface area contributed by atoms with Gasteiger partial charge in [-0.2, -0.15) is 0 Å². The molecule has 4 heteroatoms. The van der Waals surface area contributed by atoms with Gasteiger partial charge >= 0.3 is 0 Å². The average Bonchev–Trinajstić information content (AvgIpc) is 2.19. The molecule has 1 atom stereocenters. The molecule has 1 aromatic carbocycles. The minimum atomic E-state index is -0.827. The predicted octanol–water partition coefficient (Wildman–Crippen LogP) is 1.24. The number of phenols is 1. The Balaban J connectivity index is 2.93. The van der Waals surface area contributed by atoms with Crippen LogP contribution in [-0.2, 0) is 6.67 Å². The van der Waals surface area contributed by atoms with Crippen LogP contribution in [0.15, 0.2) is 18.2 Å². The first-order valence-corrected chi connectivity index (χ1v) is 4.45. The topological polar surface area (TPSA) is 66.5 Å². The van der Waals surface area contributed by atoms with Gasteiger partial charge in [0.05, 0.1) is 6.10 Å². The molecule has 0 aliphatic carbocycles. The highest BCUT2D eigenvalue weighted by molar-refractivity contribution is 5.37. The summed E-state index contributed by atoms with van der Waals surface area (Å²) in [7, 11) is 0. The van der Waals surface area contributed by atoms with Crippen LogP contribution in [0.25, 0.3) is 0 Å². The van der Waals surface area contributed by atoms with E-state index in [1.54, 1.807) is 0 Å². The molecule has 0 radical (unpaired) electrons. The van der Waals surface area contributed by atoms with Crippen LogP contribution in [0.2, 0.25) is 0 Å². The lowest BCUT2D eigenvalue weighted by Gasteiger charge is -2.12. The van der Waals surface area contributed by atoms with E-state index in [1.807, 2.05) is 0 Å². The fourth-order valence-corrected chi connectivity index (χ4v) is 1.27. The van der Waals surface area contributed by atoms with E-state index in [2.05, 4.69) is 0 Å². The molecular formula is C10H14FNO2. The predicted molar refractivity (Wildman–Crippen MR) is 51.6 cm³/mol. The molecule has 1 aromatic rings. The zero-order valence-corrected chi connectivity index (χ0v) is 7.78. The zero-order valence-electron chi connectivity index (χ0n) is 7.78. The van der Waals surface area contributed by atoms with Gasteiger partial charge < -0.3 is 15.9 Å². The molecule has 0 saturated carbocycles.